The molecule has 0 spiro atoms. The van der Waals surface area contributed by atoms with Crippen LogP contribution in [0.1, 0.15) is 27.2 Å². The molecular weight excluding hydrogens is 330 g/mol. The van der Waals surface area contributed by atoms with Crippen molar-refractivity contribution in [3.63, 3.8) is 0 Å². The molecule has 5 nitrogen and oxygen atoms in total. The van der Waals surface area contributed by atoms with Crippen LogP contribution in [0.25, 0.3) is 0 Å². The Labute approximate surface area is 152 Å². The van der Waals surface area contributed by atoms with Crippen molar-refractivity contribution >= 4 is 5.91 Å². The van der Waals surface area contributed by atoms with E-state index in [0.717, 1.165) is 16.9 Å². The summed E-state index contributed by atoms with van der Waals surface area (Å²) in [6, 6.07) is 19.0. The first-order chi connectivity index (χ1) is 12.8. The van der Waals surface area contributed by atoms with Crippen LogP contribution in [0.4, 0.5) is 0 Å². The molecule has 0 aliphatic rings. The normalized spacial score (nSPS) is 10.5. The molecule has 0 aliphatic carbocycles. The summed E-state index contributed by atoms with van der Waals surface area (Å²) in [6.07, 6.45) is 1.50. The lowest BCUT2D eigenvalue weighted by molar-refractivity contribution is 0.0919. The highest BCUT2D eigenvalue weighted by Crippen LogP contribution is 2.16. The smallest absolute Gasteiger partial charge is 0.287 e. The van der Waals surface area contributed by atoms with E-state index in [9.17, 15) is 4.79 Å². The van der Waals surface area contributed by atoms with Gasteiger partial charge >= 0.3 is 0 Å². The van der Waals surface area contributed by atoms with Gasteiger partial charge < -0.3 is 19.2 Å². The first kappa shape index (κ1) is 17.8. The van der Waals surface area contributed by atoms with Crippen molar-refractivity contribution in [3.8, 4) is 5.75 Å². The molecule has 0 unspecified atom stereocenters. The molecule has 3 aromatic rings. The van der Waals surface area contributed by atoms with Crippen molar-refractivity contribution < 1.29 is 18.7 Å². The Morgan fingerprint density at radius 3 is 2.42 bits per heavy atom. The molecule has 0 saturated carbocycles. The number of para-hydroxylation sites is 1. The number of benzene rings is 2. The lowest BCUT2D eigenvalue weighted by atomic mass is 10.1. The Balaban J connectivity index is 1.61. The number of carbonyl (C=O) groups excluding carboxylic acids is 1. The predicted molar refractivity (Wildman–Crippen MR) is 97.8 cm³/mol. The minimum Gasteiger partial charge on any atom is -0.489 e. The molecule has 0 aliphatic heterocycles. The van der Waals surface area contributed by atoms with Crippen molar-refractivity contribution in [3.05, 3.63) is 89.4 Å². The SMILES string of the molecule is COCc1ccccc1CNC(=O)c1occc1COc1ccccc1. The molecule has 0 radical (unpaired) electrons. The van der Waals surface area contributed by atoms with Gasteiger partial charge in [-0.15, -0.1) is 0 Å². The van der Waals surface area contributed by atoms with Crippen LogP contribution in [0.5, 0.6) is 5.75 Å². The highest BCUT2D eigenvalue weighted by atomic mass is 16.5. The van der Waals surface area contributed by atoms with Crippen LogP contribution < -0.4 is 10.1 Å². The molecule has 1 N–H and O–H groups in total. The summed E-state index contributed by atoms with van der Waals surface area (Å²) in [7, 11) is 1.65. The van der Waals surface area contributed by atoms with Crippen LogP contribution in [0, 0.1) is 0 Å². The Bertz CT molecular complexity index is 842. The third-order valence-electron chi connectivity index (χ3n) is 3.95. The van der Waals surface area contributed by atoms with Gasteiger partial charge in [0, 0.05) is 19.2 Å². The monoisotopic (exact) mass is 351 g/mol. The van der Waals surface area contributed by atoms with E-state index in [1.807, 2.05) is 54.6 Å². The van der Waals surface area contributed by atoms with Gasteiger partial charge in [0.1, 0.15) is 12.4 Å². The van der Waals surface area contributed by atoms with Gasteiger partial charge in [0.2, 0.25) is 0 Å². The van der Waals surface area contributed by atoms with Crippen LogP contribution in [0.2, 0.25) is 0 Å². The molecule has 2 aromatic carbocycles. The lowest BCUT2D eigenvalue weighted by Gasteiger charge is -2.10. The molecule has 0 saturated heterocycles. The van der Waals surface area contributed by atoms with E-state index < -0.39 is 0 Å². The van der Waals surface area contributed by atoms with Crippen LogP contribution in [-0.4, -0.2) is 13.0 Å². The number of furan rings is 1. The Hall–Kier alpha value is -3.05. The van der Waals surface area contributed by atoms with E-state index in [-0.39, 0.29) is 18.3 Å². The van der Waals surface area contributed by atoms with E-state index in [1.54, 1.807) is 13.2 Å². The van der Waals surface area contributed by atoms with E-state index in [4.69, 9.17) is 13.9 Å². The zero-order valence-corrected chi connectivity index (χ0v) is 14.6. The van der Waals surface area contributed by atoms with Gasteiger partial charge in [-0.3, -0.25) is 4.79 Å². The standard InChI is InChI=1S/C21H21NO4/c1-24-14-17-8-6-5-7-16(17)13-22-21(23)20-18(11-12-25-20)15-26-19-9-3-2-4-10-19/h2-12H,13-15H2,1H3,(H,22,23). The molecule has 1 amide bonds. The number of hydrogen-bond donors (Lipinski definition) is 1. The second-order valence-electron chi connectivity index (χ2n) is 5.76. The number of methoxy groups -OCH3 is 1. The van der Waals surface area contributed by atoms with Crippen LogP contribution in [-0.2, 0) is 24.5 Å². The van der Waals surface area contributed by atoms with Gasteiger partial charge in [-0.05, 0) is 29.3 Å². The quantitative estimate of drug-likeness (QED) is 0.668. The molecule has 0 fully saturated rings. The van der Waals surface area contributed by atoms with Gasteiger partial charge in [0.15, 0.2) is 5.76 Å². The Morgan fingerprint density at radius 2 is 1.65 bits per heavy atom. The van der Waals surface area contributed by atoms with Crippen molar-refractivity contribution in [2.45, 2.75) is 19.8 Å². The van der Waals surface area contributed by atoms with Crippen molar-refractivity contribution in [1.29, 1.82) is 0 Å². The van der Waals surface area contributed by atoms with Gasteiger partial charge in [0.25, 0.3) is 5.91 Å². The third-order valence-corrected chi connectivity index (χ3v) is 3.95. The largest absolute Gasteiger partial charge is 0.489 e. The van der Waals surface area contributed by atoms with E-state index in [0.29, 0.717) is 18.7 Å². The molecule has 26 heavy (non-hydrogen) atoms. The number of rotatable bonds is 8. The molecule has 1 aromatic heterocycles. The fraction of sp³-hybridized carbons (Fsp3) is 0.190. The third kappa shape index (κ3) is 4.52. The highest BCUT2D eigenvalue weighted by molar-refractivity contribution is 5.92. The molecule has 1 heterocycles. The maximum Gasteiger partial charge on any atom is 0.287 e. The second-order valence-corrected chi connectivity index (χ2v) is 5.76. The number of ether oxygens (including phenoxy) is 2. The summed E-state index contributed by atoms with van der Waals surface area (Å²) in [5, 5.41) is 2.89. The summed E-state index contributed by atoms with van der Waals surface area (Å²) in [6.45, 7) is 1.17. The van der Waals surface area contributed by atoms with Crippen molar-refractivity contribution in [2.24, 2.45) is 0 Å². The minimum absolute atomic E-state index is 0.267. The zero-order valence-electron chi connectivity index (χ0n) is 14.6. The summed E-state index contributed by atoms with van der Waals surface area (Å²) in [5.74, 6) is 0.743. The summed E-state index contributed by atoms with van der Waals surface area (Å²) in [5.41, 5.74) is 2.76. The van der Waals surface area contributed by atoms with Crippen molar-refractivity contribution in [1.82, 2.24) is 5.32 Å². The fourth-order valence-corrected chi connectivity index (χ4v) is 2.61. The molecule has 0 atom stereocenters. The van der Waals surface area contributed by atoms with Gasteiger partial charge in [0.05, 0.1) is 12.9 Å². The summed E-state index contributed by atoms with van der Waals surface area (Å²) >= 11 is 0. The van der Waals surface area contributed by atoms with E-state index in [1.165, 1.54) is 6.26 Å². The van der Waals surface area contributed by atoms with Gasteiger partial charge in [-0.2, -0.15) is 0 Å². The number of carbonyl (C=O) groups is 1. The lowest BCUT2D eigenvalue weighted by Crippen LogP contribution is -2.24. The molecule has 0 bridgehead atoms. The van der Waals surface area contributed by atoms with Crippen LogP contribution >= 0.6 is 0 Å². The molecular formula is C21H21NO4. The average Bonchev–Trinajstić information content (AvgIpc) is 3.15. The van der Waals surface area contributed by atoms with E-state index >= 15 is 0 Å². The maximum atomic E-state index is 12.5. The second kappa shape index (κ2) is 8.87. The Kier molecular flexibility index (Phi) is 6.06. The topological polar surface area (TPSA) is 60.7 Å². The first-order valence-corrected chi connectivity index (χ1v) is 8.36. The fourth-order valence-electron chi connectivity index (χ4n) is 2.61. The molecule has 5 heteroatoms. The van der Waals surface area contributed by atoms with Gasteiger partial charge in [-0.25, -0.2) is 0 Å². The summed E-state index contributed by atoms with van der Waals surface area (Å²) in [4.78, 5) is 12.5. The van der Waals surface area contributed by atoms with Crippen molar-refractivity contribution in [2.75, 3.05) is 7.11 Å². The first-order valence-electron chi connectivity index (χ1n) is 8.36. The Morgan fingerprint density at radius 1 is 0.923 bits per heavy atom. The number of amides is 1. The van der Waals surface area contributed by atoms with Gasteiger partial charge in [-0.1, -0.05) is 42.5 Å². The number of hydrogen-bond acceptors (Lipinski definition) is 4. The highest BCUT2D eigenvalue weighted by Gasteiger charge is 2.16. The van der Waals surface area contributed by atoms with E-state index in [2.05, 4.69) is 5.32 Å². The van der Waals surface area contributed by atoms with Crippen LogP contribution in [0.15, 0.2) is 71.3 Å². The summed E-state index contributed by atoms with van der Waals surface area (Å²) < 4.78 is 16.3. The van der Waals surface area contributed by atoms with Crippen LogP contribution in [0.3, 0.4) is 0 Å². The average molecular weight is 351 g/mol. The number of nitrogens with one attached hydrogen (secondary N) is 1. The molecule has 134 valence electrons. The minimum atomic E-state index is -0.270. The molecule has 3 rings (SSSR count). The maximum absolute atomic E-state index is 12.5. The zero-order chi connectivity index (χ0) is 18.2. The predicted octanol–water partition coefficient (Wildman–Crippen LogP) is 3.94.